The van der Waals surface area contributed by atoms with Crippen LogP contribution in [-0.2, 0) is 6.42 Å². The fourth-order valence-corrected chi connectivity index (χ4v) is 1.09. The molecule has 0 unspecified atom stereocenters. The van der Waals surface area contributed by atoms with Crippen LogP contribution in [0.4, 0.5) is 0 Å². The Kier molecular flexibility index (Phi) is 8.58. The third-order valence-corrected chi connectivity index (χ3v) is 1.84. The van der Waals surface area contributed by atoms with Crippen molar-refractivity contribution in [2.45, 2.75) is 39.5 Å². The van der Waals surface area contributed by atoms with Crippen molar-refractivity contribution >= 4 is 0 Å². The Bertz CT molecular complexity index is 238. The average Bonchev–Trinajstić information content (AvgIpc) is 3.08. The average molecular weight is 202 g/mol. The van der Waals surface area contributed by atoms with Gasteiger partial charge < -0.3 is 0 Å². The molecule has 1 fully saturated rings. The molecule has 2 rings (SSSR count). The summed E-state index contributed by atoms with van der Waals surface area (Å²) >= 11 is 0. The predicted molar refractivity (Wildman–Crippen MR) is 68.7 cm³/mol. The second-order valence-corrected chi connectivity index (χ2v) is 4.14. The summed E-state index contributed by atoms with van der Waals surface area (Å²) < 4.78 is 0. The largest absolute Gasteiger partial charge is 0.124 e. The van der Waals surface area contributed by atoms with Gasteiger partial charge >= 0.3 is 0 Å². The van der Waals surface area contributed by atoms with Gasteiger partial charge in [0.2, 0.25) is 0 Å². The number of rotatable bonds is 2. The Morgan fingerprint density at radius 3 is 1.80 bits per heavy atom. The van der Waals surface area contributed by atoms with E-state index in [4.69, 9.17) is 0 Å². The normalized spacial score (nSPS) is 11.8. The quantitative estimate of drug-likeness (QED) is 0.627. The van der Waals surface area contributed by atoms with Crippen LogP contribution in [0.2, 0.25) is 0 Å². The van der Waals surface area contributed by atoms with Gasteiger partial charge in [-0.3, -0.25) is 0 Å². The van der Waals surface area contributed by atoms with Crippen molar-refractivity contribution in [3.05, 3.63) is 35.9 Å². The first-order chi connectivity index (χ1) is 7.29. The minimum absolute atomic E-state index is 0.766. The van der Waals surface area contributed by atoms with Crippen molar-refractivity contribution in [3.63, 3.8) is 0 Å². The molecule has 0 atom stereocenters. The van der Waals surface area contributed by atoms with E-state index < -0.39 is 0 Å². The van der Waals surface area contributed by atoms with Crippen molar-refractivity contribution in [2.24, 2.45) is 5.92 Å². The molecule has 1 aliphatic rings. The summed E-state index contributed by atoms with van der Waals surface area (Å²) in [6.45, 7) is 4.49. The van der Waals surface area contributed by atoms with Gasteiger partial charge in [0.1, 0.15) is 0 Å². The SMILES string of the molecule is C#C.C1CC1.CC(C)Cc1ccccc1. The minimum Gasteiger partial charge on any atom is -0.124 e. The van der Waals surface area contributed by atoms with E-state index in [9.17, 15) is 0 Å². The van der Waals surface area contributed by atoms with Gasteiger partial charge in [-0.15, -0.1) is 12.8 Å². The number of hydrogen-bond acceptors (Lipinski definition) is 0. The lowest BCUT2D eigenvalue weighted by molar-refractivity contribution is 0.647. The standard InChI is InChI=1S/C10H14.C3H6.C2H2/c1-9(2)8-10-6-4-3-5-7-10;1-2-3-1;1-2/h3-7,9H,8H2,1-2H3;1-3H2;1-2H. The van der Waals surface area contributed by atoms with Gasteiger partial charge in [-0.05, 0) is 17.9 Å². The van der Waals surface area contributed by atoms with Gasteiger partial charge in [0.25, 0.3) is 0 Å². The van der Waals surface area contributed by atoms with Gasteiger partial charge in [0.15, 0.2) is 0 Å². The van der Waals surface area contributed by atoms with Crippen LogP contribution in [0, 0.1) is 18.8 Å². The van der Waals surface area contributed by atoms with Crippen molar-refractivity contribution in [1.29, 1.82) is 0 Å². The van der Waals surface area contributed by atoms with E-state index in [1.54, 1.807) is 0 Å². The molecule has 1 saturated carbocycles. The van der Waals surface area contributed by atoms with Crippen molar-refractivity contribution in [3.8, 4) is 12.8 Å². The molecule has 0 bridgehead atoms. The van der Waals surface area contributed by atoms with Crippen LogP contribution in [0.15, 0.2) is 30.3 Å². The lowest BCUT2D eigenvalue weighted by Crippen LogP contribution is -1.92. The molecular formula is C15H22. The molecule has 0 heteroatoms. The molecule has 0 saturated heterocycles. The number of hydrogen-bond donors (Lipinski definition) is 0. The molecule has 0 amide bonds. The van der Waals surface area contributed by atoms with E-state index in [1.165, 1.54) is 31.2 Å². The summed E-state index contributed by atoms with van der Waals surface area (Å²) in [5.41, 5.74) is 1.44. The van der Waals surface area contributed by atoms with E-state index in [-0.39, 0.29) is 0 Å². The number of terminal acetylenes is 1. The molecule has 1 aliphatic carbocycles. The third kappa shape index (κ3) is 10.7. The first-order valence-electron chi connectivity index (χ1n) is 5.66. The Labute approximate surface area is 94.7 Å². The Morgan fingerprint density at radius 1 is 1.00 bits per heavy atom. The fourth-order valence-electron chi connectivity index (χ4n) is 1.09. The topological polar surface area (TPSA) is 0 Å². The van der Waals surface area contributed by atoms with E-state index in [1.807, 2.05) is 0 Å². The van der Waals surface area contributed by atoms with Gasteiger partial charge in [-0.2, -0.15) is 0 Å². The highest BCUT2D eigenvalue weighted by Crippen LogP contribution is 2.14. The molecule has 0 radical (unpaired) electrons. The van der Waals surface area contributed by atoms with Crippen molar-refractivity contribution in [2.75, 3.05) is 0 Å². The molecular weight excluding hydrogens is 180 g/mol. The van der Waals surface area contributed by atoms with Gasteiger partial charge in [-0.25, -0.2) is 0 Å². The zero-order chi connectivity index (χ0) is 11.5. The zero-order valence-electron chi connectivity index (χ0n) is 9.95. The summed E-state index contributed by atoms with van der Waals surface area (Å²) in [4.78, 5) is 0. The second-order valence-electron chi connectivity index (χ2n) is 4.14. The van der Waals surface area contributed by atoms with Crippen LogP contribution in [0.25, 0.3) is 0 Å². The monoisotopic (exact) mass is 202 g/mol. The summed E-state index contributed by atoms with van der Waals surface area (Å²) in [6, 6.07) is 10.6. The first kappa shape index (κ1) is 13.8. The van der Waals surface area contributed by atoms with Gasteiger partial charge in [0, 0.05) is 0 Å². The van der Waals surface area contributed by atoms with Crippen LogP contribution >= 0.6 is 0 Å². The Balaban J connectivity index is 0.000000326. The summed E-state index contributed by atoms with van der Waals surface area (Å²) in [6.07, 6.45) is 13.7. The second kappa shape index (κ2) is 9.34. The Morgan fingerprint density at radius 2 is 1.47 bits per heavy atom. The molecule has 82 valence electrons. The Hall–Kier alpha value is -1.22. The van der Waals surface area contributed by atoms with Crippen LogP contribution in [0.5, 0.6) is 0 Å². The van der Waals surface area contributed by atoms with Crippen LogP contribution < -0.4 is 0 Å². The maximum Gasteiger partial charge on any atom is -0.0256 e. The highest BCUT2D eigenvalue weighted by Gasteiger charge is 1.95. The predicted octanol–water partition coefficient (Wildman–Crippen LogP) is 4.30. The molecule has 0 aromatic heterocycles. The molecule has 1 aromatic carbocycles. The highest BCUT2D eigenvalue weighted by molar-refractivity contribution is 5.14. The van der Waals surface area contributed by atoms with Gasteiger partial charge in [0.05, 0.1) is 0 Å². The van der Waals surface area contributed by atoms with E-state index in [0.717, 1.165) is 5.92 Å². The molecule has 0 spiro atoms. The van der Waals surface area contributed by atoms with E-state index in [0.29, 0.717) is 0 Å². The minimum atomic E-state index is 0.766. The lowest BCUT2D eigenvalue weighted by atomic mass is 10.0. The first-order valence-corrected chi connectivity index (χ1v) is 5.66. The molecule has 0 aliphatic heterocycles. The molecule has 15 heavy (non-hydrogen) atoms. The van der Waals surface area contributed by atoms with Crippen molar-refractivity contribution in [1.82, 2.24) is 0 Å². The fraction of sp³-hybridized carbons (Fsp3) is 0.467. The van der Waals surface area contributed by atoms with Gasteiger partial charge in [-0.1, -0.05) is 63.4 Å². The van der Waals surface area contributed by atoms with Crippen LogP contribution in [0.1, 0.15) is 38.7 Å². The summed E-state index contributed by atoms with van der Waals surface area (Å²) in [7, 11) is 0. The van der Waals surface area contributed by atoms with Crippen LogP contribution in [-0.4, -0.2) is 0 Å². The van der Waals surface area contributed by atoms with E-state index in [2.05, 4.69) is 57.0 Å². The maximum atomic E-state index is 4.00. The lowest BCUT2D eigenvalue weighted by Gasteiger charge is -2.02. The molecule has 0 N–H and O–H groups in total. The van der Waals surface area contributed by atoms with E-state index >= 15 is 0 Å². The summed E-state index contributed by atoms with van der Waals surface area (Å²) in [5.74, 6) is 0.766. The molecule has 0 nitrogen and oxygen atoms in total. The molecule has 0 heterocycles. The number of benzene rings is 1. The van der Waals surface area contributed by atoms with Crippen LogP contribution in [0.3, 0.4) is 0 Å². The zero-order valence-corrected chi connectivity index (χ0v) is 9.95. The summed E-state index contributed by atoms with van der Waals surface area (Å²) in [5, 5.41) is 0. The maximum absolute atomic E-state index is 4.00. The highest BCUT2D eigenvalue weighted by atomic mass is 14.0. The van der Waals surface area contributed by atoms with Crippen molar-refractivity contribution < 1.29 is 0 Å². The smallest absolute Gasteiger partial charge is 0.0256 e. The third-order valence-electron chi connectivity index (χ3n) is 1.84. The molecule has 1 aromatic rings.